The van der Waals surface area contributed by atoms with Crippen LogP contribution in [0.1, 0.15) is 42.0 Å². The number of carbonyl (C=O) groups is 5. The number of carbonyl (C=O) groups excluding carboxylic acids is 4. The van der Waals surface area contributed by atoms with Crippen LogP contribution in [0.5, 0.6) is 11.5 Å². The van der Waals surface area contributed by atoms with Gasteiger partial charge in [-0.3, -0.25) is 19.2 Å². The highest BCUT2D eigenvalue weighted by atomic mass is 19.2. The van der Waals surface area contributed by atoms with Crippen molar-refractivity contribution < 1.29 is 56.1 Å². The minimum atomic E-state index is -1.91. The molecule has 47 heavy (non-hydrogen) atoms. The Kier molecular flexibility index (Phi) is 9.63. The number of nitrogens with zero attached hydrogens (tertiary/aromatic N) is 1. The Bertz CT molecular complexity index is 1720. The second kappa shape index (κ2) is 13.6. The molecule has 0 bridgehead atoms. The molecule has 4 atom stereocenters. The Hall–Kier alpha value is -5.21. The van der Waals surface area contributed by atoms with E-state index in [1.165, 1.54) is 0 Å². The van der Waals surface area contributed by atoms with Gasteiger partial charge in [0.05, 0.1) is 18.3 Å². The number of rotatable bonds is 10. The zero-order valence-corrected chi connectivity index (χ0v) is 24.9. The Morgan fingerprint density at radius 1 is 1.04 bits per heavy atom. The number of aliphatic carboxylic acids is 1. The first-order chi connectivity index (χ1) is 22.3. The number of Topliss-reactive ketones (excluding diaryl/α,β-unsaturated/α-hetero) is 2. The van der Waals surface area contributed by atoms with E-state index in [1.807, 2.05) is 6.92 Å². The molecule has 0 fully saturated rings. The minimum Gasteiger partial charge on any atom is -0.481 e. The molecule has 0 saturated heterocycles. The predicted molar refractivity (Wildman–Crippen MR) is 154 cm³/mol. The maximum atomic E-state index is 14.0. The lowest BCUT2D eigenvalue weighted by Crippen LogP contribution is -2.47. The van der Waals surface area contributed by atoms with Crippen molar-refractivity contribution in [3.63, 3.8) is 0 Å². The van der Waals surface area contributed by atoms with Gasteiger partial charge in [-0.15, -0.1) is 0 Å². The van der Waals surface area contributed by atoms with Crippen molar-refractivity contribution in [1.82, 2.24) is 15.2 Å². The topological polar surface area (TPSA) is 153 Å². The molecule has 3 aromatic rings. The van der Waals surface area contributed by atoms with Crippen LogP contribution < -0.4 is 20.1 Å². The number of hydrogen-bond acceptors (Lipinski definition) is 7. The minimum absolute atomic E-state index is 0.0204. The number of ether oxygens (including phenoxy) is 2. The lowest BCUT2D eigenvalue weighted by molar-refractivity contribution is -0.141. The van der Waals surface area contributed by atoms with E-state index in [9.17, 15) is 46.6 Å². The summed E-state index contributed by atoms with van der Waals surface area (Å²) in [6, 6.07) is 6.12. The third-order valence-electron chi connectivity index (χ3n) is 8.15. The molecule has 0 radical (unpaired) electrons. The first-order valence-corrected chi connectivity index (χ1v) is 14.6. The summed E-state index contributed by atoms with van der Waals surface area (Å²) in [4.78, 5) is 64.2. The van der Waals surface area contributed by atoms with Crippen LogP contribution in [-0.4, -0.2) is 57.9 Å². The van der Waals surface area contributed by atoms with Crippen LogP contribution in [0, 0.1) is 36.1 Å². The fourth-order valence-corrected chi connectivity index (χ4v) is 5.85. The van der Waals surface area contributed by atoms with E-state index in [-0.39, 0.29) is 24.8 Å². The van der Waals surface area contributed by atoms with E-state index in [1.54, 1.807) is 41.1 Å². The fourth-order valence-electron chi connectivity index (χ4n) is 5.85. The van der Waals surface area contributed by atoms with Crippen LogP contribution in [0.15, 0.2) is 42.6 Å². The normalized spacial score (nSPS) is 19.2. The third kappa shape index (κ3) is 7.28. The molecule has 2 aliphatic rings. The summed E-state index contributed by atoms with van der Waals surface area (Å²) in [5.41, 5.74) is 2.45. The van der Waals surface area contributed by atoms with Crippen molar-refractivity contribution in [2.24, 2.45) is 5.92 Å². The molecule has 15 heteroatoms. The van der Waals surface area contributed by atoms with Crippen molar-refractivity contribution >= 4 is 29.5 Å². The molecule has 3 N–H and O–H groups in total. The molecule has 4 unspecified atom stereocenters. The molecule has 11 nitrogen and oxygen atoms in total. The number of carboxylic acids is 1. The van der Waals surface area contributed by atoms with Gasteiger partial charge >= 0.3 is 12.1 Å². The van der Waals surface area contributed by atoms with Crippen molar-refractivity contribution in [3.8, 4) is 11.5 Å². The lowest BCUT2D eigenvalue weighted by Gasteiger charge is -2.31. The third-order valence-corrected chi connectivity index (χ3v) is 8.15. The number of benzene rings is 2. The van der Waals surface area contributed by atoms with Gasteiger partial charge in [-0.1, -0.05) is 17.7 Å². The second-order valence-corrected chi connectivity index (χ2v) is 11.4. The van der Waals surface area contributed by atoms with Gasteiger partial charge in [-0.2, -0.15) is 8.78 Å². The molecule has 2 aromatic carbocycles. The van der Waals surface area contributed by atoms with E-state index in [4.69, 9.17) is 4.74 Å². The maximum absolute atomic E-state index is 14.0. The molecule has 1 aliphatic heterocycles. The number of halogens is 4. The monoisotopic (exact) mass is 659 g/mol. The molecular weight excluding hydrogens is 630 g/mol. The Morgan fingerprint density at radius 2 is 1.72 bits per heavy atom. The number of hydrogen-bond donors (Lipinski definition) is 3. The van der Waals surface area contributed by atoms with Gasteiger partial charge in [0.1, 0.15) is 24.2 Å². The van der Waals surface area contributed by atoms with E-state index in [2.05, 4.69) is 15.4 Å². The molecule has 0 saturated carbocycles. The summed E-state index contributed by atoms with van der Waals surface area (Å²) >= 11 is 0. The van der Waals surface area contributed by atoms with Gasteiger partial charge in [-0.25, -0.2) is 13.6 Å². The number of aryl methyl sites for hydroxylation is 2. The van der Waals surface area contributed by atoms with Crippen LogP contribution in [-0.2, 0) is 32.1 Å². The zero-order valence-electron chi connectivity index (χ0n) is 24.9. The number of ketones is 2. The van der Waals surface area contributed by atoms with Crippen LogP contribution in [0.3, 0.4) is 0 Å². The summed E-state index contributed by atoms with van der Waals surface area (Å²) in [6.45, 7) is 0.622. The summed E-state index contributed by atoms with van der Waals surface area (Å²) in [6.07, 6.45) is 0.589. The Labute approximate surface area is 264 Å². The molecule has 5 rings (SSSR count). The maximum Gasteiger partial charge on any atom is 0.412 e. The van der Waals surface area contributed by atoms with Crippen LogP contribution in [0.4, 0.5) is 22.4 Å². The summed E-state index contributed by atoms with van der Waals surface area (Å²) in [5, 5.41) is 14.4. The van der Waals surface area contributed by atoms with Crippen molar-refractivity contribution in [3.05, 3.63) is 82.7 Å². The summed E-state index contributed by atoms with van der Waals surface area (Å²) in [7, 11) is 0. The Balaban J connectivity index is 1.29. The molecular formula is C32H29F4N3O8. The Morgan fingerprint density at radius 3 is 2.38 bits per heavy atom. The quantitative estimate of drug-likeness (QED) is 0.220. The average molecular weight is 660 g/mol. The fraction of sp³-hybridized carbons (Fsp3) is 0.344. The largest absolute Gasteiger partial charge is 0.481 e. The molecule has 0 spiro atoms. The smallest absolute Gasteiger partial charge is 0.412 e. The highest BCUT2D eigenvalue weighted by molar-refractivity contribution is 5.96. The van der Waals surface area contributed by atoms with Crippen molar-refractivity contribution in [2.45, 2.75) is 57.2 Å². The summed E-state index contributed by atoms with van der Waals surface area (Å²) < 4.78 is 66.8. The standard InChI is InChI=1S/C32H29F4N3O8/c1-15-2-5-18(6-3-15)47-32(45)38-21-7-4-16-8-9-39-13-17(10-23(40)26(21)29(16)39)31(44)37-22(12-25(42)43)24(41)14-46-30-27(35)19(33)11-20(34)28(30)36/h2-3,5-6,8-9,11,17,21-22,26H,4,7,10,12-14H2,1H3,(H,37,44)(H,38,45)(H,42,43). The van der Waals surface area contributed by atoms with Gasteiger partial charge in [0, 0.05) is 37.0 Å². The zero-order chi connectivity index (χ0) is 34.0. The molecule has 2 heterocycles. The van der Waals surface area contributed by atoms with E-state index in [0.717, 1.165) is 11.1 Å². The summed E-state index contributed by atoms with van der Waals surface area (Å²) in [5.74, 6) is -14.4. The first kappa shape index (κ1) is 33.2. The van der Waals surface area contributed by atoms with Crippen LogP contribution >= 0.6 is 0 Å². The average Bonchev–Trinajstić information content (AvgIpc) is 3.35. The number of carboxylic acid groups (broad SMARTS) is 1. The number of amides is 2. The van der Waals surface area contributed by atoms with Crippen molar-refractivity contribution in [1.29, 1.82) is 0 Å². The lowest BCUT2D eigenvalue weighted by atomic mass is 9.79. The van der Waals surface area contributed by atoms with E-state index in [0.29, 0.717) is 24.3 Å². The van der Waals surface area contributed by atoms with Gasteiger partial charge in [0.25, 0.3) is 0 Å². The number of aromatic nitrogens is 1. The highest BCUT2D eigenvalue weighted by Gasteiger charge is 2.43. The number of nitrogens with one attached hydrogen (secondary N) is 2. The highest BCUT2D eigenvalue weighted by Crippen LogP contribution is 2.38. The SMILES string of the molecule is Cc1ccc(OC(=O)NC2CCc3ccn4c3C2C(=O)CC(C(=O)NC(CC(=O)O)C(=O)COc2c(F)c(F)cc(F)c2F)C4)cc1. The molecule has 1 aliphatic carbocycles. The van der Waals surface area contributed by atoms with Crippen molar-refractivity contribution in [2.75, 3.05) is 6.61 Å². The van der Waals surface area contributed by atoms with Crippen LogP contribution in [0.2, 0.25) is 0 Å². The van der Waals surface area contributed by atoms with Gasteiger partial charge in [0.2, 0.25) is 17.5 Å². The van der Waals surface area contributed by atoms with Crippen LogP contribution in [0.25, 0.3) is 0 Å². The van der Waals surface area contributed by atoms with Gasteiger partial charge in [-0.05, 0) is 43.5 Å². The molecule has 248 valence electrons. The predicted octanol–water partition coefficient (Wildman–Crippen LogP) is 3.74. The first-order valence-electron chi connectivity index (χ1n) is 14.6. The molecule has 2 amide bonds. The molecule has 1 aromatic heterocycles. The van der Waals surface area contributed by atoms with Gasteiger partial charge in [0.15, 0.2) is 23.2 Å². The van der Waals surface area contributed by atoms with E-state index >= 15 is 0 Å². The second-order valence-electron chi connectivity index (χ2n) is 11.4. The van der Waals surface area contributed by atoms with E-state index < -0.39 is 89.7 Å². The van der Waals surface area contributed by atoms with Gasteiger partial charge < -0.3 is 29.8 Å².